The van der Waals surface area contributed by atoms with E-state index in [9.17, 15) is 4.79 Å². The van der Waals surface area contributed by atoms with Crippen molar-refractivity contribution >= 4 is 45.7 Å². The van der Waals surface area contributed by atoms with Crippen molar-refractivity contribution in [2.45, 2.75) is 47.1 Å². The molecule has 31 heavy (non-hydrogen) atoms. The molecular formula is C25H27Cl2NO3. The number of halogens is 2. The molecule has 0 saturated carbocycles. The molecule has 0 saturated heterocycles. The van der Waals surface area contributed by atoms with E-state index in [2.05, 4.69) is 5.32 Å². The highest BCUT2D eigenvalue weighted by Gasteiger charge is 2.20. The van der Waals surface area contributed by atoms with Gasteiger partial charge in [-0.2, -0.15) is 0 Å². The van der Waals surface area contributed by atoms with Crippen LogP contribution in [-0.4, -0.2) is 18.6 Å². The van der Waals surface area contributed by atoms with E-state index >= 15 is 0 Å². The summed E-state index contributed by atoms with van der Waals surface area (Å²) in [6.45, 7) is 10.3. The zero-order valence-electron chi connectivity index (χ0n) is 18.4. The van der Waals surface area contributed by atoms with Crippen LogP contribution in [0.1, 0.15) is 45.2 Å². The van der Waals surface area contributed by atoms with E-state index < -0.39 is 0 Å². The highest BCUT2D eigenvalue weighted by molar-refractivity contribution is 6.36. The van der Waals surface area contributed by atoms with E-state index in [4.69, 9.17) is 32.4 Å². The molecule has 0 aliphatic carbocycles. The molecule has 3 aromatic rings. The van der Waals surface area contributed by atoms with Gasteiger partial charge in [-0.25, -0.2) is 0 Å². The Bertz CT molecular complexity index is 1150. The molecule has 0 aliphatic heterocycles. The van der Waals surface area contributed by atoms with Gasteiger partial charge in [-0.15, -0.1) is 0 Å². The van der Waals surface area contributed by atoms with Crippen molar-refractivity contribution in [3.8, 4) is 16.9 Å². The fraction of sp³-hybridized carbons (Fsp3) is 0.320. The molecule has 1 heterocycles. The summed E-state index contributed by atoms with van der Waals surface area (Å²) in [5, 5.41) is 4.99. The number of hydrogen-bond donors (Lipinski definition) is 1. The second kappa shape index (κ2) is 9.80. The number of furan rings is 1. The topological polar surface area (TPSA) is 51.5 Å². The minimum Gasteiger partial charge on any atom is -0.493 e. The van der Waals surface area contributed by atoms with Crippen molar-refractivity contribution in [1.82, 2.24) is 5.32 Å². The van der Waals surface area contributed by atoms with Crippen LogP contribution < -0.4 is 10.1 Å². The molecule has 1 N–H and O–H groups in total. The number of allylic oxidation sites excluding steroid dienone is 1. The average Bonchev–Trinajstić information content (AvgIpc) is 3.13. The third kappa shape index (κ3) is 4.91. The van der Waals surface area contributed by atoms with Crippen molar-refractivity contribution in [1.29, 1.82) is 0 Å². The Labute approximate surface area is 193 Å². The first-order valence-corrected chi connectivity index (χ1v) is 11.1. The Morgan fingerprint density at radius 1 is 1.23 bits per heavy atom. The zero-order valence-corrected chi connectivity index (χ0v) is 19.9. The number of carbonyl (C=O) groups is 1. The second-order valence-corrected chi connectivity index (χ2v) is 8.45. The van der Waals surface area contributed by atoms with Gasteiger partial charge in [0.15, 0.2) is 0 Å². The van der Waals surface area contributed by atoms with Crippen molar-refractivity contribution < 1.29 is 13.9 Å². The fourth-order valence-corrected chi connectivity index (χ4v) is 4.03. The third-order valence-electron chi connectivity index (χ3n) is 5.33. The van der Waals surface area contributed by atoms with Gasteiger partial charge in [-0.05, 0) is 57.9 Å². The van der Waals surface area contributed by atoms with Crippen LogP contribution in [0.2, 0.25) is 10.0 Å². The molecule has 1 atom stereocenters. The SMILES string of the molecule is CCOc1c(/C(C)=C/C(=O)NC(C)CC)cc2c(-c3ccc(Cl)cc3Cl)coc2c1C. The summed E-state index contributed by atoms with van der Waals surface area (Å²) in [7, 11) is 0. The number of nitrogens with one attached hydrogen (secondary N) is 1. The summed E-state index contributed by atoms with van der Waals surface area (Å²) in [6, 6.07) is 7.50. The number of fused-ring (bicyclic) bond motifs is 1. The van der Waals surface area contributed by atoms with Crippen LogP contribution >= 0.6 is 23.2 Å². The molecule has 164 valence electrons. The van der Waals surface area contributed by atoms with Crippen LogP contribution in [0, 0.1) is 6.92 Å². The monoisotopic (exact) mass is 459 g/mol. The third-order valence-corrected chi connectivity index (χ3v) is 5.88. The van der Waals surface area contributed by atoms with Gasteiger partial charge in [-0.3, -0.25) is 4.79 Å². The lowest BCUT2D eigenvalue weighted by atomic mass is 9.96. The molecule has 6 heteroatoms. The van der Waals surface area contributed by atoms with Gasteiger partial charge in [0.05, 0.1) is 17.9 Å². The lowest BCUT2D eigenvalue weighted by Gasteiger charge is -2.15. The van der Waals surface area contributed by atoms with Crippen LogP contribution in [0.4, 0.5) is 0 Å². The first-order chi connectivity index (χ1) is 14.8. The predicted octanol–water partition coefficient (Wildman–Crippen LogP) is 7.43. The maximum Gasteiger partial charge on any atom is 0.244 e. The van der Waals surface area contributed by atoms with Gasteiger partial charge in [0.2, 0.25) is 5.91 Å². The molecule has 0 bridgehead atoms. The fourth-order valence-electron chi connectivity index (χ4n) is 3.52. The van der Waals surface area contributed by atoms with Crippen LogP contribution in [0.3, 0.4) is 0 Å². The standard InChI is InChI=1S/C25H27Cl2NO3/c1-6-15(4)28-23(29)10-14(3)19-12-20-21(18-9-8-17(26)11-22(18)27)13-31-25(20)16(5)24(19)30-7-2/h8-13,15H,6-7H2,1-5H3,(H,28,29)/b14-10+. The lowest BCUT2D eigenvalue weighted by molar-refractivity contribution is -0.117. The van der Waals surface area contributed by atoms with Crippen LogP contribution in [0.5, 0.6) is 5.75 Å². The summed E-state index contributed by atoms with van der Waals surface area (Å²) < 4.78 is 11.9. The van der Waals surface area contributed by atoms with Gasteiger partial charge in [-0.1, -0.05) is 36.2 Å². The quantitative estimate of drug-likeness (QED) is 0.373. The molecule has 2 aromatic carbocycles. The number of aryl methyl sites for hydroxylation is 1. The minimum atomic E-state index is -0.125. The summed E-state index contributed by atoms with van der Waals surface area (Å²) in [5.74, 6) is 0.586. The number of rotatable bonds is 7. The molecule has 4 nitrogen and oxygen atoms in total. The zero-order chi connectivity index (χ0) is 22.7. The molecule has 1 unspecified atom stereocenters. The Balaban J connectivity index is 2.18. The number of hydrogen-bond acceptors (Lipinski definition) is 3. The Morgan fingerprint density at radius 2 is 1.97 bits per heavy atom. The first kappa shape index (κ1) is 23.2. The van der Waals surface area contributed by atoms with Crippen LogP contribution in [-0.2, 0) is 4.79 Å². The number of carbonyl (C=O) groups excluding carboxylic acids is 1. The van der Waals surface area contributed by atoms with E-state index in [0.717, 1.165) is 45.2 Å². The van der Waals surface area contributed by atoms with Crippen LogP contribution in [0.25, 0.3) is 27.7 Å². The van der Waals surface area contributed by atoms with Gasteiger partial charge in [0, 0.05) is 44.8 Å². The summed E-state index contributed by atoms with van der Waals surface area (Å²) in [5.41, 5.74) is 4.95. The predicted molar refractivity (Wildman–Crippen MR) is 129 cm³/mol. The highest BCUT2D eigenvalue weighted by atomic mass is 35.5. The Hall–Kier alpha value is -2.43. The van der Waals surface area contributed by atoms with Crippen LogP contribution in [0.15, 0.2) is 41.0 Å². The molecule has 0 radical (unpaired) electrons. The van der Waals surface area contributed by atoms with E-state index in [1.54, 1.807) is 24.5 Å². The summed E-state index contributed by atoms with van der Waals surface area (Å²) in [4.78, 5) is 12.5. The van der Waals surface area contributed by atoms with Crippen molar-refractivity contribution in [3.63, 3.8) is 0 Å². The van der Waals surface area contributed by atoms with Crippen molar-refractivity contribution in [2.24, 2.45) is 0 Å². The van der Waals surface area contributed by atoms with Crippen molar-refractivity contribution in [3.05, 3.63) is 57.8 Å². The molecule has 0 aliphatic rings. The number of amides is 1. The van der Waals surface area contributed by atoms with E-state index in [1.165, 1.54) is 0 Å². The van der Waals surface area contributed by atoms with Gasteiger partial charge in [0.25, 0.3) is 0 Å². The van der Waals surface area contributed by atoms with Gasteiger partial charge >= 0.3 is 0 Å². The largest absolute Gasteiger partial charge is 0.493 e. The van der Waals surface area contributed by atoms with E-state index in [-0.39, 0.29) is 11.9 Å². The summed E-state index contributed by atoms with van der Waals surface area (Å²) in [6.07, 6.45) is 4.18. The lowest BCUT2D eigenvalue weighted by Crippen LogP contribution is -2.30. The Morgan fingerprint density at radius 3 is 2.61 bits per heavy atom. The molecular weight excluding hydrogens is 433 g/mol. The van der Waals surface area contributed by atoms with Crippen molar-refractivity contribution in [2.75, 3.05) is 6.61 Å². The smallest absolute Gasteiger partial charge is 0.244 e. The Kier molecular flexibility index (Phi) is 7.34. The molecule has 1 amide bonds. The van der Waals surface area contributed by atoms with E-state index in [0.29, 0.717) is 22.4 Å². The van der Waals surface area contributed by atoms with E-state index in [1.807, 2.05) is 46.8 Å². The molecule has 3 rings (SSSR count). The molecule has 0 spiro atoms. The number of benzene rings is 2. The molecule has 1 aromatic heterocycles. The minimum absolute atomic E-state index is 0.111. The molecule has 0 fully saturated rings. The second-order valence-electron chi connectivity index (χ2n) is 7.61. The highest BCUT2D eigenvalue weighted by Crippen LogP contribution is 2.42. The van der Waals surface area contributed by atoms with Gasteiger partial charge in [0.1, 0.15) is 11.3 Å². The first-order valence-electron chi connectivity index (χ1n) is 10.4. The average molecular weight is 460 g/mol. The maximum atomic E-state index is 12.5. The number of ether oxygens (including phenoxy) is 1. The van der Waals surface area contributed by atoms with Gasteiger partial charge < -0.3 is 14.5 Å². The normalized spacial score (nSPS) is 12.8. The summed E-state index contributed by atoms with van der Waals surface area (Å²) >= 11 is 12.5. The maximum absolute atomic E-state index is 12.5.